The van der Waals surface area contributed by atoms with E-state index in [4.69, 9.17) is 4.42 Å². The minimum Gasteiger partial charge on any atom is -0.441 e. The lowest BCUT2D eigenvalue weighted by Crippen LogP contribution is -2.16. The van der Waals surface area contributed by atoms with Gasteiger partial charge in [-0.15, -0.1) is 0 Å². The highest BCUT2D eigenvalue weighted by molar-refractivity contribution is 9.10. The highest BCUT2D eigenvalue weighted by atomic mass is 79.9. The Hall–Kier alpha value is -1.13. The molecule has 4 heteroatoms. The maximum absolute atomic E-state index is 5.70. The Labute approximate surface area is 109 Å². The molecule has 0 saturated heterocycles. The van der Waals surface area contributed by atoms with Crippen LogP contribution in [0.1, 0.15) is 12.8 Å². The first-order valence-corrected chi connectivity index (χ1v) is 6.50. The molecule has 0 fully saturated rings. The van der Waals surface area contributed by atoms with Gasteiger partial charge >= 0.3 is 0 Å². The van der Waals surface area contributed by atoms with Crippen molar-refractivity contribution in [1.82, 2.24) is 10.3 Å². The second-order valence-corrected chi connectivity index (χ2v) is 4.65. The molecule has 0 bridgehead atoms. The summed E-state index contributed by atoms with van der Waals surface area (Å²) < 4.78 is 6.74. The van der Waals surface area contributed by atoms with Gasteiger partial charge in [-0.2, -0.15) is 0 Å². The van der Waals surface area contributed by atoms with Gasteiger partial charge in [-0.3, -0.25) is 0 Å². The highest BCUT2D eigenvalue weighted by Gasteiger charge is 2.06. The molecule has 3 nitrogen and oxygen atoms in total. The van der Waals surface area contributed by atoms with Crippen LogP contribution in [0, 0.1) is 0 Å². The number of rotatable bonds is 5. The lowest BCUT2D eigenvalue weighted by Gasteiger charge is -1.98. The molecule has 0 amide bonds. The minimum atomic E-state index is 0.779. The van der Waals surface area contributed by atoms with Gasteiger partial charge in [0.25, 0.3) is 0 Å². The smallest absolute Gasteiger partial charge is 0.196 e. The summed E-state index contributed by atoms with van der Waals surface area (Å²) in [6.07, 6.45) is 2.60. The molecule has 0 saturated carbocycles. The van der Waals surface area contributed by atoms with Gasteiger partial charge in [-0.1, -0.05) is 35.0 Å². The molecule has 1 aromatic carbocycles. The largest absolute Gasteiger partial charge is 0.441 e. The third-order valence-electron chi connectivity index (χ3n) is 2.43. The van der Waals surface area contributed by atoms with Crippen LogP contribution < -0.4 is 5.32 Å². The lowest BCUT2D eigenvalue weighted by atomic mass is 10.2. The Balaban J connectivity index is 2.07. The monoisotopic (exact) mass is 294 g/mol. The van der Waals surface area contributed by atoms with E-state index in [9.17, 15) is 0 Å². The standard InChI is InChI=1S/C13H15BrN2O/c1-2-15-7-6-13-16-9-12(17-13)10-4-3-5-11(14)8-10/h3-5,8-9,15H,2,6-7H2,1H3. The molecule has 0 atom stereocenters. The molecule has 0 spiro atoms. The molecule has 1 aromatic heterocycles. The second kappa shape index (κ2) is 5.98. The predicted molar refractivity (Wildman–Crippen MR) is 71.9 cm³/mol. The summed E-state index contributed by atoms with van der Waals surface area (Å²) in [7, 11) is 0. The van der Waals surface area contributed by atoms with E-state index in [2.05, 4.69) is 33.2 Å². The van der Waals surface area contributed by atoms with E-state index >= 15 is 0 Å². The summed E-state index contributed by atoms with van der Waals surface area (Å²) >= 11 is 3.45. The molecule has 0 aliphatic rings. The highest BCUT2D eigenvalue weighted by Crippen LogP contribution is 2.23. The Morgan fingerprint density at radius 1 is 1.41 bits per heavy atom. The molecule has 90 valence electrons. The average molecular weight is 295 g/mol. The number of likely N-dealkylation sites (N-methyl/N-ethyl adjacent to an activating group) is 1. The molecule has 2 rings (SSSR count). The number of oxazole rings is 1. The number of hydrogen-bond donors (Lipinski definition) is 1. The molecule has 0 unspecified atom stereocenters. The van der Waals surface area contributed by atoms with Crippen LogP contribution >= 0.6 is 15.9 Å². The summed E-state index contributed by atoms with van der Waals surface area (Å²) in [6, 6.07) is 8.01. The summed E-state index contributed by atoms with van der Waals surface area (Å²) in [5.74, 6) is 1.60. The van der Waals surface area contributed by atoms with E-state index in [0.717, 1.165) is 41.2 Å². The van der Waals surface area contributed by atoms with Crippen molar-refractivity contribution in [2.24, 2.45) is 0 Å². The van der Waals surface area contributed by atoms with Crippen molar-refractivity contribution in [1.29, 1.82) is 0 Å². The second-order valence-electron chi connectivity index (χ2n) is 3.73. The van der Waals surface area contributed by atoms with Crippen LogP contribution in [-0.4, -0.2) is 18.1 Å². The van der Waals surface area contributed by atoms with E-state index < -0.39 is 0 Å². The summed E-state index contributed by atoms with van der Waals surface area (Å²) in [4.78, 5) is 4.27. The summed E-state index contributed by atoms with van der Waals surface area (Å²) in [5, 5.41) is 3.25. The van der Waals surface area contributed by atoms with Crippen molar-refractivity contribution in [2.75, 3.05) is 13.1 Å². The van der Waals surface area contributed by atoms with E-state index in [0.29, 0.717) is 0 Å². The molecular weight excluding hydrogens is 280 g/mol. The van der Waals surface area contributed by atoms with Crippen LogP contribution in [-0.2, 0) is 6.42 Å². The van der Waals surface area contributed by atoms with Crippen LogP contribution in [0.15, 0.2) is 39.4 Å². The van der Waals surface area contributed by atoms with Gasteiger partial charge in [0.2, 0.25) is 0 Å². The topological polar surface area (TPSA) is 38.1 Å². The molecule has 1 heterocycles. The average Bonchev–Trinajstić information content (AvgIpc) is 2.78. The van der Waals surface area contributed by atoms with Crippen molar-refractivity contribution in [3.63, 3.8) is 0 Å². The van der Waals surface area contributed by atoms with Gasteiger partial charge < -0.3 is 9.73 Å². The first-order valence-electron chi connectivity index (χ1n) is 5.71. The van der Waals surface area contributed by atoms with Crippen LogP contribution in [0.2, 0.25) is 0 Å². The Morgan fingerprint density at radius 3 is 3.06 bits per heavy atom. The zero-order valence-electron chi connectivity index (χ0n) is 9.74. The van der Waals surface area contributed by atoms with Gasteiger partial charge in [-0.25, -0.2) is 4.98 Å². The Bertz CT molecular complexity index is 482. The summed E-state index contributed by atoms with van der Waals surface area (Å²) in [5.41, 5.74) is 1.04. The number of halogens is 1. The van der Waals surface area contributed by atoms with Crippen LogP contribution in [0.4, 0.5) is 0 Å². The molecule has 17 heavy (non-hydrogen) atoms. The van der Waals surface area contributed by atoms with Crippen LogP contribution in [0.5, 0.6) is 0 Å². The molecule has 1 N–H and O–H groups in total. The number of nitrogens with zero attached hydrogens (tertiary/aromatic N) is 1. The fourth-order valence-corrected chi connectivity index (χ4v) is 1.97. The quantitative estimate of drug-likeness (QED) is 0.860. The van der Waals surface area contributed by atoms with Gasteiger partial charge in [0.05, 0.1) is 6.20 Å². The third kappa shape index (κ3) is 3.41. The lowest BCUT2D eigenvalue weighted by molar-refractivity contribution is 0.497. The number of aromatic nitrogens is 1. The Kier molecular flexibility index (Phi) is 4.34. The van der Waals surface area contributed by atoms with Crippen molar-refractivity contribution >= 4 is 15.9 Å². The third-order valence-corrected chi connectivity index (χ3v) is 2.92. The van der Waals surface area contributed by atoms with Crippen molar-refractivity contribution in [3.05, 3.63) is 40.8 Å². The van der Waals surface area contributed by atoms with Crippen molar-refractivity contribution in [3.8, 4) is 11.3 Å². The maximum Gasteiger partial charge on any atom is 0.196 e. The normalized spacial score (nSPS) is 10.7. The van der Waals surface area contributed by atoms with Crippen molar-refractivity contribution < 1.29 is 4.42 Å². The van der Waals surface area contributed by atoms with Crippen molar-refractivity contribution in [2.45, 2.75) is 13.3 Å². The van der Waals surface area contributed by atoms with Gasteiger partial charge in [0.15, 0.2) is 11.7 Å². The van der Waals surface area contributed by atoms with E-state index in [1.807, 2.05) is 24.3 Å². The van der Waals surface area contributed by atoms with Gasteiger partial charge in [0, 0.05) is 23.0 Å². The first kappa shape index (κ1) is 12.3. The Morgan fingerprint density at radius 2 is 2.29 bits per heavy atom. The van der Waals surface area contributed by atoms with Crippen LogP contribution in [0.25, 0.3) is 11.3 Å². The van der Waals surface area contributed by atoms with E-state index in [1.54, 1.807) is 6.20 Å². The molecule has 2 aromatic rings. The SMILES string of the molecule is CCNCCc1ncc(-c2cccc(Br)c2)o1. The van der Waals surface area contributed by atoms with E-state index in [1.165, 1.54) is 0 Å². The first-order chi connectivity index (χ1) is 8.29. The van der Waals surface area contributed by atoms with Gasteiger partial charge in [0.1, 0.15) is 0 Å². The minimum absolute atomic E-state index is 0.779. The molecule has 0 radical (unpaired) electrons. The maximum atomic E-state index is 5.70. The zero-order valence-corrected chi connectivity index (χ0v) is 11.3. The predicted octanol–water partition coefficient (Wildman–Crippen LogP) is 3.26. The van der Waals surface area contributed by atoms with E-state index in [-0.39, 0.29) is 0 Å². The fraction of sp³-hybridized carbons (Fsp3) is 0.308. The number of hydrogen-bond acceptors (Lipinski definition) is 3. The molecular formula is C13H15BrN2O. The zero-order chi connectivity index (χ0) is 12.1. The molecule has 0 aliphatic carbocycles. The van der Waals surface area contributed by atoms with Gasteiger partial charge in [-0.05, 0) is 18.7 Å². The summed E-state index contributed by atoms with van der Waals surface area (Å²) in [6.45, 7) is 3.95. The number of benzene rings is 1. The molecule has 0 aliphatic heterocycles. The number of nitrogens with one attached hydrogen (secondary N) is 1. The van der Waals surface area contributed by atoms with Crippen LogP contribution in [0.3, 0.4) is 0 Å². The fourth-order valence-electron chi connectivity index (χ4n) is 1.57.